The average molecular weight is 466 g/mol. The highest BCUT2D eigenvalue weighted by Crippen LogP contribution is 2.26. The van der Waals surface area contributed by atoms with Crippen molar-refractivity contribution in [1.29, 1.82) is 0 Å². The fraction of sp³-hybridized carbons (Fsp3) is 0.455. The van der Waals surface area contributed by atoms with Crippen LogP contribution in [0.25, 0.3) is 0 Å². The van der Waals surface area contributed by atoms with Crippen molar-refractivity contribution in [1.82, 2.24) is 5.32 Å². The van der Waals surface area contributed by atoms with Crippen LogP contribution in [0, 0.1) is 0 Å². The predicted octanol–water partition coefficient (Wildman–Crippen LogP) is 4.31. The number of carbonyl (C=O) groups excluding carboxylic acids is 2. The van der Waals surface area contributed by atoms with Gasteiger partial charge < -0.3 is 24.3 Å². The third-order valence-electron chi connectivity index (χ3n) is 4.32. The van der Waals surface area contributed by atoms with Crippen molar-refractivity contribution in [3.63, 3.8) is 0 Å². The van der Waals surface area contributed by atoms with Gasteiger partial charge in [-0.3, -0.25) is 9.59 Å². The molecule has 1 amide bonds. The summed E-state index contributed by atoms with van der Waals surface area (Å²) < 4.78 is 21.8. The van der Waals surface area contributed by atoms with E-state index >= 15 is 0 Å². The summed E-state index contributed by atoms with van der Waals surface area (Å²) in [5, 5.41) is 6.72. The lowest BCUT2D eigenvalue weighted by Gasteiger charge is -2.17. The number of rotatable bonds is 13. The van der Waals surface area contributed by atoms with E-state index in [0.29, 0.717) is 30.3 Å². The molecule has 31 heavy (non-hydrogen) atoms. The van der Waals surface area contributed by atoms with E-state index in [9.17, 15) is 9.59 Å². The molecule has 1 heterocycles. The van der Waals surface area contributed by atoms with E-state index < -0.39 is 8.07 Å². The minimum atomic E-state index is -1.19. The topological polar surface area (TPSA) is 83.1 Å². The molecule has 7 nitrogen and oxygen atoms in total. The Morgan fingerprint density at radius 3 is 2.61 bits per heavy atom. The first kappa shape index (κ1) is 24.9. The summed E-state index contributed by atoms with van der Waals surface area (Å²) in [6.07, 6.45) is 0.0973. The van der Waals surface area contributed by atoms with E-state index in [2.05, 4.69) is 29.7 Å². The Kier molecular flexibility index (Phi) is 10.0. The van der Waals surface area contributed by atoms with Crippen LogP contribution in [0.1, 0.15) is 22.3 Å². The Morgan fingerprint density at radius 2 is 1.94 bits per heavy atom. The van der Waals surface area contributed by atoms with Crippen molar-refractivity contribution < 1.29 is 28.5 Å². The maximum Gasteiger partial charge on any atom is 0.307 e. The predicted molar refractivity (Wildman–Crippen MR) is 124 cm³/mol. The number of hydrogen-bond donors (Lipinski definition) is 1. The monoisotopic (exact) mass is 465 g/mol. The second-order valence-corrected chi connectivity index (χ2v) is 14.5. The van der Waals surface area contributed by atoms with E-state index in [0.717, 1.165) is 11.6 Å². The summed E-state index contributed by atoms with van der Waals surface area (Å²) in [5.41, 5.74) is 1.42. The standard InChI is InChI=1S/C22H31NO6SSi/c1-26-21(24)7-9-23-22(25)19-6-5-18(28-14-17-8-11-30-15-17)13-20(19)29-16-27-10-12-31(2,3)4/h5-6,8,11,13,15H,7,9-10,12,14,16H2,1-4H3,(H,23,25). The lowest BCUT2D eigenvalue weighted by Crippen LogP contribution is -2.27. The van der Waals surface area contributed by atoms with E-state index in [4.69, 9.17) is 14.2 Å². The fourth-order valence-electron chi connectivity index (χ4n) is 2.46. The number of nitrogens with one attached hydrogen (secondary N) is 1. The van der Waals surface area contributed by atoms with Gasteiger partial charge in [0.1, 0.15) is 18.1 Å². The van der Waals surface area contributed by atoms with Gasteiger partial charge in [-0.05, 0) is 40.6 Å². The van der Waals surface area contributed by atoms with Gasteiger partial charge in [0.15, 0.2) is 6.79 Å². The normalized spacial score (nSPS) is 11.1. The number of hydrogen-bond acceptors (Lipinski definition) is 7. The number of ether oxygens (including phenoxy) is 4. The Morgan fingerprint density at radius 1 is 1.13 bits per heavy atom. The molecule has 0 radical (unpaired) electrons. The number of amides is 1. The molecule has 170 valence electrons. The summed E-state index contributed by atoms with van der Waals surface area (Å²) in [4.78, 5) is 23.9. The lowest BCUT2D eigenvalue weighted by molar-refractivity contribution is -0.140. The minimum absolute atomic E-state index is 0.0426. The summed E-state index contributed by atoms with van der Waals surface area (Å²) in [7, 11) is 0.122. The first-order chi connectivity index (χ1) is 14.8. The lowest BCUT2D eigenvalue weighted by atomic mass is 10.1. The second-order valence-electron chi connectivity index (χ2n) is 8.14. The van der Waals surface area contributed by atoms with Crippen LogP contribution in [0.2, 0.25) is 25.7 Å². The van der Waals surface area contributed by atoms with Gasteiger partial charge in [-0.25, -0.2) is 0 Å². The first-order valence-electron chi connectivity index (χ1n) is 10.1. The Bertz CT molecular complexity index is 835. The van der Waals surface area contributed by atoms with Gasteiger partial charge in [-0.15, -0.1) is 0 Å². The first-order valence-corrected chi connectivity index (χ1v) is 14.8. The van der Waals surface area contributed by atoms with Gasteiger partial charge in [0.2, 0.25) is 0 Å². The molecule has 1 aromatic heterocycles. The third kappa shape index (κ3) is 9.54. The van der Waals surface area contributed by atoms with Crippen molar-refractivity contribution in [3.8, 4) is 11.5 Å². The molecular weight excluding hydrogens is 434 g/mol. The van der Waals surface area contributed by atoms with Crippen LogP contribution in [0.15, 0.2) is 35.0 Å². The minimum Gasteiger partial charge on any atom is -0.489 e. The maximum atomic E-state index is 12.6. The molecule has 0 atom stereocenters. The van der Waals surface area contributed by atoms with Crippen LogP contribution in [-0.2, 0) is 20.9 Å². The summed E-state index contributed by atoms with van der Waals surface area (Å²) >= 11 is 1.61. The van der Waals surface area contributed by atoms with E-state index in [1.807, 2.05) is 16.8 Å². The molecule has 0 aliphatic carbocycles. The SMILES string of the molecule is COC(=O)CCNC(=O)c1ccc(OCc2ccsc2)cc1OCOCC[Si](C)(C)C. The maximum absolute atomic E-state index is 12.6. The second kappa shape index (κ2) is 12.5. The average Bonchev–Trinajstić information content (AvgIpc) is 3.24. The zero-order valence-corrected chi connectivity index (χ0v) is 20.4. The molecule has 2 aromatic rings. The highest BCUT2D eigenvalue weighted by Gasteiger charge is 2.16. The van der Waals surface area contributed by atoms with Crippen LogP contribution in [0.5, 0.6) is 11.5 Å². The molecule has 2 rings (SSSR count). The molecule has 0 fully saturated rings. The highest BCUT2D eigenvalue weighted by molar-refractivity contribution is 7.07. The number of benzene rings is 1. The molecule has 0 saturated heterocycles. The number of esters is 1. The van der Waals surface area contributed by atoms with Crippen molar-refractivity contribution in [2.45, 2.75) is 38.7 Å². The van der Waals surface area contributed by atoms with Crippen LogP contribution in [-0.4, -0.2) is 47.0 Å². The van der Waals surface area contributed by atoms with Crippen molar-refractivity contribution in [2.24, 2.45) is 0 Å². The van der Waals surface area contributed by atoms with Crippen molar-refractivity contribution in [3.05, 3.63) is 46.2 Å². The highest BCUT2D eigenvalue weighted by atomic mass is 32.1. The number of carbonyl (C=O) groups is 2. The number of thiophene rings is 1. The molecule has 1 aromatic carbocycles. The molecular formula is C22H31NO6SSi. The van der Waals surface area contributed by atoms with Gasteiger partial charge in [-0.1, -0.05) is 19.6 Å². The van der Waals surface area contributed by atoms with Crippen LogP contribution in [0.4, 0.5) is 0 Å². The van der Waals surface area contributed by atoms with Crippen molar-refractivity contribution >= 4 is 31.3 Å². The van der Waals surface area contributed by atoms with E-state index in [1.54, 1.807) is 29.5 Å². The quantitative estimate of drug-likeness (QED) is 0.205. The molecule has 1 N–H and O–H groups in total. The molecule has 0 unspecified atom stereocenters. The molecule has 0 aliphatic rings. The molecule has 0 bridgehead atoms. The van der Waals surface area contributed by atoms with E-state index in [1.165, 1.54) is 7.11 Å². The zero-order chi connectivity index (χ0) is 22.7. The Labute approximate surface area is 188 Å². The Balaban J connectivity index is 2.01. The van der Waals surface area contributed by atoms with Gasteiger partial charge in [0.05, 0.1) is 19.1 Å². The summed E-state index contributed by atoms with van der Waals surface area (Å²) in [5.74, 6) is 0.232. The molecule has 0 spiro atoms. The smallest absolute Gasteiger partial charge is 0.307 e. The molecule has 0 saturated carbocycles. The summed E-state index contributed by atoms with van der Waals surface area (Å²) in [6.45, 7) is 8.10. The Hall–Kier alpha value is -2.36. The molecule has 0 aliphatic heterocycles. The van der Waals surface area contributed by atoms with Gasteiger partial charge in [0.25, 0.3) is 5.91 Å². The van der Waals surface area contributed by atoms with Crippen LogP contribution >= 0.6 is 11.3 Å². The van der Waals surface area contributed by atoms with Crippen molar-refractivity contribution in [2.75, 3.05) is 27.1 Å². The van der Waals surface area contributed by atoms with Gasteiger partial charge in [-0.2, -0.15) is 11.3 Å². The van der Waals surface area contributed by atoms with Gasteiger partial charge >= 0.3 is 5.97 Å². The van der Waals surface area contributed by atoms with E-state index in [-0.39, 0.29) is 31.6 Å². The largest absolute Gasteiger partial charge is 0.489 e. The number of methoxy groups -OCH3 is 1. The van der Waals surface area contributed by atoms with Gasteiger partial charge in [0, 0.05) is 27.3 Å². The summed E-state index contributed by atoms with van der Waals surface area (Å²) in [6, 6.07) is 8.08. The fourth-order valence-corrected chi connectivity index (χ4v) is 3.87. The van der Waals surface area contributed by atoms with Crippen LogP contribution < -0.4 is 14.8 Å². The zero-order valence-electron chi connectivity index (χ0n) is 18.6. The van der Waals surface area contributed by atoms with Crippen LogP contribution in [0.3, 0.4) is 0 Å². The molecule has 9 heteroatoms. The third-order valence-corrected chi connectivity index (χ3v) is 6.76.